The van der Waals surface area contributed by atoms with Gasteiger partial charge in [-0.05, 0) is 38.1 Å². The number of ether oxygens (including phenoxy) is 1. The van der Waals surface area contributed by atoms with Gasteiger partial charge in [0.05, 0.1) is 11.6 Å². The summed E-state index contributed by atoms with van der Waals surface area (Å²) in [6.45, 7) is 1.91. The maximum atomic E-state index is 14.9. The van der Waals surface area contributed by atoms with Gasteiger partial charge in [0.25, 0.3) is 0 Å². The van der Waals surface area contributed by atoms with E-state index in [0.717, 1.165) is 4.90 Å². The number of rotatable bonds is 6. The number of alkyl carbamates (subject to hydrolysis) is 1. The van der Waals surface area contributed by atoms with Crippen LogP contribution in [0.5, 0.6) is 5.75 Å². The second kappa shape index (κ2) is 9.77. The molecule has 36 heavy (non-hydrogen) atoms. The van der Waals surface area contributed by atoms with Crippen molar-refractivity contribution >= 4 is 40.3 Å². The summed E-state index contributed by atoms with van der Waals surface area (Å²) < 4.78 is 35.8. The Morgan fingerprint density at radius 2 is 2.03 bits per heavy atom. The number of nitrogens with one attached hydrogen (secondary N) is 1. The topological polar surface area (TPSA) is 101 Å². The third-order valence-corrected chi connectivity index (χ3v) is 6.31. The van der Waals surface area contributed by atoms with Crippen LogP contribution in [0, 0.1) is 5.82 Å². The molecule has 3 aromatic rings. The molecular weight excluding hydrogens is 496 g/mol. The number of fused-ring (bicyclic) bond motifs is 1. The molecule has 1 aromatic heterocycles. The molecule has 0 spiro atoms. The van der Waals surface area contributed by atoms with Crippen LogP contribution in [0.2, 0.25) is 5.02 Å². The first-order chi connectivity index (χ1) is 16.9. The van der Waals surface area contributed by atoms with Gasteiger partial charge in [0.15, 0.2) is 12.0 Å². The van der Waals surface area contributed by atoms with E-state index in [0.29, 0.717) is 16.5 Å². The summed E-state index contributed by atoms with van der Waals surface area (Å²) in [5.74, 6) is -1.48. The molecule has 0 radical (unpaired) electrons. The highest BCUT2D eigenvalue weighted by Crippen LogP contribution is 2.32. The molecule has 1 aliphatic rings. The number of benzene rings is 2. The van der Waals surface area contributed by atoms with Crippen LogP contribution >= 0.6 is 11.6 Å². The summed E-state index contributed by atoms with van der Waals surface area (Å²) in [6, 6.07) is 8.79. The zero-order chi connectivity index (χ0) is 26.2. The minimum atomic E-state index is -1.80. The molecule has 1 aliphatic heterocycles. The number of nitrogens with zero attached hydrogens (tertiary/aromatic N) is 2. The predicted molar refractivity (Wildman–Crippen MR) is 128 cm³/mol. The number of hydrogen-bond acceptors (Lipinski definition) is 5. The van der Waals surface area contributed by atoms with Gasteiger partial charge in [-0.15, -0.1) is 0 Å². The predicted octanol–water partition coefficient (Wildman–Crippen LogP) is 4.56. The number of aromatic nitrogens is 1. The molecule has 2 N–H and O–H groups in total. The number of phenolic OH excluding ortho intramolecular Hbond substituents is 1. The Balaban J connectivity index is 1.48. The number of phenols is 1. The third kappa shape index (κ3) is 5.28. The normalized spacial score (nSPS) is 19.5. The Morgan fingerprint density at radius 1 is 1.28 bits per heavy atom. The zero-order valence-electron chi connectivity index (χ0n) is 19.6. The van der Waals surface area contributed by atoms with Gasteiger partial charge < -0.3 is 24.6 Å². The Morgan fingerprint density at radius 3 is 2.75 bits per heavy atom. The van der Waals surface area contributed by atoms with E-state index in [4.69, 9.17) is 16.3 Å². The van der Waals surface area contributed by atoms with Crippen LogP contribution in [0.4, 0.5) is 13.6 Å². The largest absolute Gasteiger partial charge is 0.508 e. The highest BCUT2D eigenvalue weighted by molar-refractivity contribution is 6.30. The van der Waals surface area contributed by atoms with Crippen molar-refractivity contribution in [2.24, 2.45) is 0 Å². The van der Waals surface area contributed by atoms with Crippen LogP contribution in [0.1, 0.15) is 36.2 Å². The summed E-state index contributed by atoms with van der Waals surface area (Å²) >= 11 is 5.74. The van der Waals surface area contributed by atoms with Crippen LogP contribution < -0.4 is 5.32 Å². The number of hydrogen-bond donors (Lipinski definition) is 2. The number of ketones is 1. The maximum absolute atomic E-state index is 14.9. The van der Waals surface area contributed by atoms with Gasteiger partial charge in [-0.2, -0.15) is 0 Å². The quantitative estimate of drug-likeness (QED) is 0.465. The first-order valence-electron chi connectivity index (χ1n) is 11.1. The minimum Gasteiger partial charge on any atom is -0.508 e. The van der Waals surface area contributed by atoms with Crippen molar-refractivity contribution in [3.63, 3.8) is 0 Å². The van der Waals surface area contributed by atoms with Gasteiger partial charge >= 0.3 is 6.09 Å². The summed E-state index contributed by atoms with van der Waals surface area (Å²) in [5.41, 5.74) is -0.798. The average molecular weight is 520 g/mol. The van der Waals surface area contributed by atoms with E-state index in [1.165, 1.54) is 54.9 Å². The average Bonchev–Trinajstić information content (AvgIpc) is 3.30. The van der Waals surface area contributed by atoms with Crippen LogP contribution in [0.15, 0.2) is 42.6 Å². The molecule has 190 valence electrons. The van der Waals surface area contributed by atoms with Gasteiger partial charge in [-0.25, -0.2) is 13.6 Å². The Labute approximate surface area is 210 Å². The molecule has 2 aromatic carbocycles. The number of Topliss-reactive ketones (excluding diaryl/α,β-unsaturated/α-hetero) is 1. The SMILES string of the molecule is CC(=O)c1cn(CC(=O)N2C[C@](C)(F)C[C@@H]2OC(=O)NCc2cccc(Cl)c2F)c2ccc(O)cc12. The van der Waals surface area contributed by atoms with E-state index in [-0.39, 0.29) is 48.2 Å². The van der Waals surface area contributed by atoms with E-state index in [1.807, 2.05) is 0 Å². The Hall–Kier alpha value is -3.66. The van der Waals surface area contributed by atoms with Crippen LogP contribution in [0.3, 0.4) is 0 Å². The van der Waals surface area contributed by atoms with Crippen LogP contribution in [0.25, 0.3) is 10.9 Å². The number of halogens is 3. The fourth-order valence-electron chi connectivity index (χ4n) is 4.30. The monoisotopic (exact) mass is 519 g/mol. The van der Waals surface area contributed by atoms with Crippen molar-refractivity contribution in [1.29, 1.82) is 0 Å². The second-order valence-corrected chi connectivity index (χ2v) is 9.40. The van der Waals surface area contributed by atoms with Crippen molar-refractivity contribution < 1.29 is 33.0 Å². The van der Waals surface area contributed by atoms with Crippen molar-refractivity contribution in [3.05, 3.63) is 64.6 Å². The first kappa shape index (κ1) is 25.4. The first-order valence-corrected chi connectivity index (χ1v) is 11.5. The molecule has 0 unspecified atom stereocenters. The molecule has 0 bridgehead atoms. The number of carbonyl (C=O) groups is 3. The smallest absolute Gasteiger partial charge is 0.409 e. The molecule has 0 saturated carbocycles. The van der Waals surface area contributed by atoms with Gasteiger partial charge in [0, 0.05) is 41.2 Å². The molecular formula is C25H24ClF2N3O5. The Kier molecular flexibility index (Phi) is 6.90. The van der Waals surface area contributed by atoms with Crippen molar-refractivity contribution in [3.8, 4) is 5.75 Å². The molecule has 2 heterocycles. The molecule has 2 amide bonds. The van der Waals surface area contributed by atoms with Crippen LogP contribution in [-0.4, -0.2) is 50.8 Å². The van der Waals surface area contributed by atoms with E-state index in [1.54, 1.807) is 6.07 Å². The van der Waals surface area contributed by atoms with Crippen LogP contribution in [-0.2, 0) is 22.6 Å². The number of likely N-dealkylation sites (tertiary alicyclic amines) is 1. The van der Waals surface area contributed by atoms with Gasteiger partial charge in [0.2, 0.25) is 5.91 Å². The number of aromatic hydroxyl groups is 1. The van der Waals surface area contributed by atoms with Gasteiger partial charge in [0.1, 0.15) is 23.8 Å². The molecule has 2 atom stereocenters. The van der Waals surface area contributed by atoms with Crippen molar-refractivity contribution in [1.82, 2.24) is 14.8 Å². The summed E-state index contributed by atoms with van der Waals surface area (Å²) in [7, 11) is 0. The summed E-state index contributed by atoms with van der Waals surface area (Å²) in [4.78, 5) is 38.7. The number of amides is 2. The summed E-state index contributed by atoms with van der Waals surface area (Å²) in [6.07, 6.45) is -0.876. The Bertz CT molecular complexity index is 1360. The lowest BCUT2D eigenvalue weighted by molar-refractivity contribution is -0.138. The zero-order valence-corrected chi connectivity index (χ0v) is 20.3. The van der Waals surface area contributed by atoms with E-state index >= 15 is 0 Å². The van der Waals surface area contributed by atoms with E-state index < -0.39 is 29.7 Å². The van der Waals surface area contributed by atoms with E-state index in [9.17, 15) is 28.3 Å². The lowest BCUT2D eigenvalue weighted by Crippen LogP contribution is -2.42. The number of alkyl halides is 1. The lowest BCUT2D eigenvalue weighted by atomic mass is 10.1. The summed E-state index contributed by atoms with van der Waals surface area (Å²) in [5, 5.41) is 12.6. The molecule has 8 nitrogen and oxygen atoms in total. The highest BCUT2D eigenvalue weighted by atomic mass is 35.5. The standard InChI is InChI=1S/C25H24ClF2N3O5/c1-14(32)18-11-30(20-7-6-16(33)8-17(18)20)12-21(34)31-13-25(2,28)9-22(31)36-24(35)29-10-15-4-3-5-19(26)23(15)27/h3-8,11,22,33H,9-10,12-13H2,1-2H3,(H,29,35)/t22-,25+/m0/s1. The second-order valence-electron chi connectivity index (χ2n) is 8.99. The highest BCUT2D eigenvalue weighted by Gasteiger charge is 2.45. The van der Waals surface area contributed by atoms with Gasteiger partial charge in [-0.1, -0.05) is 23.7 Å². The van der Waals surface area contributed by atoms with Gasteiger partial charge in [-0.3, -0.25) is 9.59 Å². The van der Waals surface area contributed by atoms with E-state index in [2.05, 4.69) is 5.32 Å². The maximum Gasteiger partial charge on any atom is 0.409 e. The molecule has 0 aliphatic carbocycles. The third-order valence-electron chi connectivity index (χ3n) is 6.02. The molecule has 4 rings (SSSR count). The van der Waals surface area contributed by atoms with Crippen molar-refractivity contribution in [2.75, 3.05) is 6.54 Å². The fourth-order valence-corrected chi connectivity index (χ4v) is 4.49. The molecule has 1 fully saturated rings. The molecule has 11 heteroatoms. The van der Waals surface area contributed by atoms with Crippen molar-refractivity contribution in [2.45, 2.75) is 45.3 Å². The fraction of sp³-hybridized carbons (Fsp3) is 0.320. The molecule has 1 saturated heterocycles. The lowest BCUT2D eigenvalue weighted by Gasteiger charge is -2.24. The number of carbonyl (C=O) groups excluding carboxylic acids is 3. The minimum absolute atomic E-state index is 0.0288.